The summed E-state index contributed by atoms with van der Waals surface area (Å²) >= 11 is 0. The molecule has 0 saturated carbocycles. The van der Waals surface area contributed by atoms with Gasteiger partial charge in [0, 0.05) is 20.1 Å². The van der Waals surface area contributed by atoms with Gasteiger partial charge in [0.15, 0.2) is 5.96 Å². The number of hydrogen-bond donors (Lipinski definition) is 2. The number of nitrogens with one attached hydrogen (secondary N) is 2. The van der Waals surface area contributed by atoms with Crippen LogP contribution in [0.25, 0.3) is 0 Å². The van der Waals surface area contributed by atoms with Crippen LogP contribution in [-0.2, 0) is 4.79 Å². The summed E-state index contributed by atoms with van der Waals surface area (Å²) < 4.78 is 5.89. The molecule has 1 atom stereocenters. The Balaban J connectivity index is 0.00000338. The van der Waals surface area contributed by atoms with Gasteiger partial charge in [0.1, 0.15) is 11.9 Å². The predicted molar refractivity (Wildman–Crippen MR) is 116 cm³/mol. The normalized spacial score (nSPS) is 15.7. The Morgan fingerprint density at radius 3 is 2.65 bits per heavy atom. The molecule has 7 heteroatoms. The number of aryl methyl sites for hydroxylation is 1. The van der Waals surface area contributed by atoms with Gasteiger partial charge in [-0.3, -0.25) is 9.79 Å². The maximum atomic E-state index is 12.2. The average molecular weight is 474 g/mol. The monoisotopic (exact) mass is 474 g/mol. The minimum absolute atomic E-state index is 0. The van der Waals surface area contributed by atoms with Crippen molar-refractivity contribution in [3.63, 3.8) is 0 Å². The number of piperidine rings is 1. The molecule has 1 aromatic carbocycles. The third kappa shape index (κ3) is 7.80. The van der Waals surface area contributed by atoms with Crippen LogP contribution >= 0.6 is 24.0 Å². The highest BCUT2D eigenvalue weighted by atomic mass is 127. The molecule has 26 heavy (non-hydrogen) atoms. The Morgan fingerprint density at radius 2 is 2.00 bits per heavy atom. The number of carbonyl (C=O) groups excluding carboxylic acids is 1. The summed E-state index contributed by atoms with van der Waals surface area (Å²) in [7, 11) is 1.70. The average Bonchev–Trinajstić information content (AvgIpc) is 2.62. The van der Waals surface area contributed by atoms with Crippen LogP contribution in [0, 0.1) is 6.92 Å². The molecule has 0 aliphatic carbocycles. The number of halogens is 1. The molecule has 0 radical (unpaired) electrons. The minimum atomic E-state index is -0.0156. The Hall–Kier alpha value is -1.51. The van der Waals surface area contributed by atoms with Gasteiger partial charge in [0.05, 0.1) is 13.1 Å². The van der Waals surface area contributed by atoms with Crippen LogP contribution in [0.1, 0.15) is 31.7 Å². The maximum Gasteiger partial charge on any atom is 0.241 e. The molecular weight excluding hydrogens is 443 g/mol. The molecule has 1 aliphatic heterocycles. The summed E-state index contributed by atoms with van der Waals surface area (Å²) in [4.78, 5) is 18.3. The Bertz CT molecular complexity index is 589. The van der Waals surface area contributed by atoms with Crippen molar-refractivity contribution >= 4 is 35.8 Å². The topological polar surface area (TPSA) is 66.0 Å². The van der Waals surface area contributed by atoms with Crippen LogP contribution in [0.2, 0.25) is 0 Å². The van der Waals surface area contributed by atoms with Crippen molar-refractivity contribution in [1.82, 2.24) is 15.5 Å². The molecular formula is C19H31IN4O2. The van der Waals surface area contributed by atoms with Crippen molar-refractivity contribution in [2.24, 2.45) is 4.99 Å². The van der Waals surface area contributed by atoms with E-state index in [1.807, 2.05) is 43.0 Å². The Labute approximate surface area is 173 Å². The molecule has 1 fully saturated rings. The first-order valence-corrected chi connectivity index (χ1v) is 9.04. The fraction of sp³-hybridized carbons (Fsp3) is 0.579. The summed E-state index contributed by atoms with van der Waals surface area (Å²) in [5, 5.41) is 6.29. The number of rotatable bonds is 6. The Kier molecular flexibility index (Phi) is 10.4. The highest BCUT2D eigenvalue weighted by Crippen LogP contribution is 2.13. The summed E-state index contributed by atoms with van der Waals surface area (Å²) in [5.41, 5.74) is 1.17. The second-order valence-electron chi connectivity index (χ2n) is 6.49. The van der Waals surface area contributed by atoms with Gasteiger partial charge in [-0.25, -0.2) is 0 Å². The fourth-order valence-corrected chi connectivity index (χ4v) is 2.84. The minimum Gasteiger partial charge on any atom is -0.489 e. The summed E-state index contributed by atoms with van der Waals surface area (Å²) in [6.07, 6.45) is 3.41. The van der Waals surface area contributed by atoms with Crippen molar-refractivity contribution < 1.29 is 9.53 Å². The van der Waals surface area contributed by atoms with Crippen LogP contribution in [-0.4, -0.2) is 56.1 Å². The Morgan fingerprint density at radius 1 is 1.27 bits per heavy atom. The zero-order valence-electron chi connectivity index (χ0n) is 16.0. The summed E-state index contributed by atoms with van der Waals surface area (Å²) in [6, 6.07) is 7.99. The van der Waals surface area contributed by atoms with Crippen molar-refractivity contribution in [2.75, 3.05) is 33.2 Å². The summed E-state index contributed by atoms with van der Waals surface area (Å²) in [5.74, 6) is 1.61. The molecule has 1 unspecified atom stereocenters. The van der Waals surface area contributed by atoms with Gasteiger partial charge >= 0.3 is 0 Å². The number of benzene rings is 1. The fourth-order valence-electron chi connectivity index (χ4n) is 2.84. The lowest BCUT2D eigenvalue weighted by molar-refractivity contribution is -0.130. The first-order chi connectivity index (χ1) is 12.1. The SMILES string of the molecule is CN=C(NCC(=O)N1CCCCC1)NCC(C)Oc1cccc(C)c1.I. The number of guanidine groups is 1. The van der Waals surface area contributed by atoms with Crippen molar-refractivity contribution in [1.29, 1.82) is 0 Å². The number of carbonyl (C=O) groups is 1. The highest BCUT2D eigenvalue weighted by molar-refractivity contribution is 14.0. The lowest BCUT2D eigenvalue weighted by Crippen LogP contribution is -2.47. The lowest BCUT2D eigenvalue weighted by Gasteiger charge is -2.27. The molecule has 0 spiro atoms. The van der Waals surface area contributed by atoms with E-state index < -0.39 is 0 Å². The number of aliphatic imine (C=N–C) groups is 1. The van der Waals surface area contributed by atoms with Gasteiger partial charge in [-0.2, -0.15) is 0 Å². The molecule has 2 N–H and O–H groups in total. The number of likely N-dealkylation sites (tertiary alicyclic amines) is 1. The molecule has 0 bridgehead atoms. The second kappa shape index (κ2) is 12.0. The molecule has 1 amide bonds. The van der Waals surface area contributed by atoms with Crippen LogP contribution in [0.5, 0.6) is 5.75 Å². The standard InChI is InChI=1S/C19H30N4O2.HI/c1-15-8-7-9-17(12-15)25-16(2)13-21-19(20-3)22-14-18(24)23-10-5-4-6-11-23;/h7-9,12,16H,4-6,10-11,13-14H2,1-3H3,(H2,20,21,22);1H. The summed E-state index contributed by atoms with van der Waals surface area (Å²) in [6.45, 7) is 6.66. The largest absolute Gasteiger partial charge is 0.489 e. The lowest BCUT2D eigenvalue weighted by atomic mass is 10.1. The van der Waals surface area contributed by atoms with E-state index in [4.69, 9.17) is 4.74 Å². The van der Waals surface area contributed by atoms with Crippen LogP contribution in [0.4, 0.5) is 0 Å². The molecule has 1 aliphatic rings. The van der Waals surface area contributed by atoms with Gasteiger partial charge in [-0.15, -0.1) is 24.0 Å². The van der Waals surface area contributed by atoms with Crippen LogP contribution < -0.4 is 15.4 Å². The van der Waals surface area contributed by atoms with Crippen molar-refractivity contribution in [2.45, 2.75) is 39.2 Å². The van der Waals surface area contributed by atoms with Gasteiger partial charge < -0.3 is 20.3 Å². The zero-order valence-corrected chi connectivity index (χ0v) is 18.3. The molecule has 146 valence electrons. The molecule has 6 nitrogen and oxygen atoms in total. The van der Waals surface area contributed by atoms with Crippen molar-refractivity contribution in [3.05, 3.63) is 29.8 Å². The van der Waals surface area contributed by atoms with Crippen LogP contribution in [0.3, 0.4) is 0 Å². The van der Waals surface area contributed by atoms with E-state index in [9.17, 15) is 4.79 Å². The highest BCUT2D eigenvalue weighted by Gasteiger charge is 2.16. The van der Waals surface area contributed by atoms with Gasteiger partial charge in [-0.05, 0) is 50.8 Å². The third-order valence-corrected chi connectivity index (χ3v) is 4.22. The van der Waals surface area contributed by atoms with E-state index in [2.05, 4.69) is 15.6 Å². The number of hydrogen-bond acceptors (Lipinski definition) is 3. The number of ether oxygens (including phenoxy) is 1. The van der Waals surface area contributed by atoms with E-state index in [0.29, 0.717) is 12.5 Å². The van der Waals surface area contributed by atoms with E-state index in [-0.39, 0.29) is 42.5 Å². The first kappa shape index (κ1) is 22.5. The molecule has 1 aromatic rings. The van der Waals surface area contributed by atoms with Crippen LogP contribution in [0.15, 0.2) is 29.3 Å². The number of nitrogens with zero attached hydrogens (tertiary/aromatic N) is 2. The van der Waals surface area contributed by atoms with Gasteiger partial charge in [0.2, 0.25) is 5.91 Å². The predicted octanol–water partition coefficient (Wildman–Crippen LogP) is 2.56. The van der Waals surface area contributed by atoms with Gasteiger partial charge in [-0.1, -0.05) is 12.1 Å². The molecule has 0 aromatic heterocycles. The third-order valence-electron chi connectivity index (χ3n) is 4.22. The van der Waals surface area contributed by atoms with E-state index in [1.54, 1.807) is 7.05 Å². The first-order valence-electron chi connectivity index (χ1n) is 9.04. The van der Waals surface area contributed by atoms with E-state index in [0.717, 1.165) is 31.7 Å². The maximum absolute atomic E-state index is 12.2. The molecule has 1 saturated heterocycles. The smallest absolute Gasteiger partial charge is 0.241 e. The van der Waals surface area contributed by atoms with E-state index in [1.165, 1.54) is 12.0 Å². The molecule has 1 heterocycles. The zero-order chi connectivity index (χ0) is 18.1. The number of amides is 1. The van der Waals surface area contributed by atoms with Gasteiger partial charge in [0.25, 0.3) is 0 Å². The quantitative estimate of drug-likeness (QED) is 0.378. The van der Waals surface area contributed by atoms with E-state index >= 15 is 0 Å². The van der Waals surface area contributed by atoms with Crippen molar-refractivity contribution in [3.8, 4) is 5.75 Å². The second-order valence-corrected chi connectivity index (χ2v) is 6.49. The molecule has 2 rings (SSSR count).